The van der Waals surface area contributed by atoms with E-state index in [4.69, 9.17) is 9.84 Å². The van der Waals surface area contributed by atoms with E-state index in [9.17, 15) is 4.79 Å². The van der Waals surface area contributed by atoms with Crippen LogP contribution in [0, 0.1) is 17.8 Å². The van der Waals surface area contributed by atoms with Gasteiger partial charge in [-0.05, 0) is 44.9 Å². The van der Waals surface area contributed by atoms with Gasteiger partial charge >= 0.3 is 6.09 Å². The second-order valence-electron chi connectivity index (χ2n) is 5.99. The lowest BCUT2D eigenvalue weighted by atomic mass is 9.62. The Morgan fingerprint density at radius 2 is 1.94 bits per heavy atom. The van der Waals surface area contributed by atoms with E-state index < -0.39 is 5.60 Å². The van der Waals surface area contributed by atoms with E-state index in [1.165, 1.54) is 0 Å². The van der Waals surface area contributed by atoms with E-state index in [1.807, 2.05) is 20.8 Å². The lowest BCUT2D eigenvalue weighted by Crippen LogP contribution is -2.58. The van der Waals surface area contributed by atoms with Crippen molar-refractivity contribution in [1.29, 1.82) is 0 Å². The maximum absolute atomic E-state index is 11.8. The van der Waals surface area contributed by atoms with Crippen LogP contribution in [0.4, 0.5) is 4.79 Å². The van der Waals surface area contributed by atoms with Crippen LogP contribution in [0.3, 0.4) is 0 Å². The van der Waals surface area contributed by atoms with Gasteiger partial charge in [-0.1, -0.05) is 0 Å². The van der Waals surface area contributed by atoms with Gasteiger partial charge in [0.05, 0.1) is 0 Å². The lowest BCUT2D eigenvalue weighted by Gasteiger charge is -2.52. The molecule has 4 heteroatoms. The van der Waals surface area contributed by atoms with E-state index >= 15 is 0 Å². The Kier molecular flexibility index (Phi) is 2.86. The minimum atomic E-state index is -0.422. The highest BCUT2D eigenvalue weighted by Gasteiger charge is 2.47. The summed E-state index contributed by atoms with van der Waals surface area (Å²) in [5.74, 6) is 1.38. The number of fused-ring (bicyclic) bond motifs is 2. The smallest absolute Gasteiger partial charge is 0.410 e. The third kappa shape index (κ3) is 2.17. The fourth-order valence-electron chi connectivity index (χ4n) is 2.76. The summed E-state index contributed by atoms with van der Waals surface area (Å²) in [5, 5.41) is 9.17. The fraction of sp³-hybridized carbons (Fsp3) is 0.917. The van der Waals surface area contributed by atoms with Gasteiger partial charge in [-0.25, -0.2) is 4.79 Å². The number of hydrogen-bond acceptors (Lipinski definition) is 3. The van der Waals surface area contributed by atoms with Crippen molar-refractivity contribution in [1.82, 2.24) is 4.90 Å². The Hall–Kier alpha value is -0.770. The number of nitrogens with zero attached hydrogens (tertiary/aromatic N) is 1. The van der Waals surface area contributed by atoms with Gasteiger partial charge in [-0.2, -0.15) is 0 Å². The number of carbonyl (C=O) groups is 1. The molecule has 3 atom stereocenters. The largest absolute Gasteiger partial charge is 0.444 e. The number of amides is 1. The Labute approximate surface area is 96.6 Å². The van der Waals surface area contributed by atoms with Crippen LogP contribution in [-0.4, -0.2) is 41.4 Å². The zero-order valence-corrected chi connectivity index (χ0v) is 10.3. The average molecular weight is 227 g/mol. The quantitative estimate of drug-likeness (QED) is 0.738. The molecule has 2 heterocycles. The number of aliphatic hydroxyl groups is 1. The van der Waals surface area contributed by atoms with Gasteiger partial charge in [-0.3, -0.25) is 0 Å². The molecule has 2 aliphatic heterocycles. The molecular formula is C12H21NO3. The summed E-state index contributed by atoms with van der Waals surface area (Å²) in [6.07, 6.45) is 0.948. The summed E-state index contributed by atoms with van der Waals surface area (Å²) in [6, 6.07) is 0. The van der Waals surface area contributed by atoms with Crippen LogP contribution in [0.15, 0.2) is 0 Å². The second-order valence-corrected chi connectivity index (χ2v) is 5.99. The molecule has 0 aromatic carbocycles. The van der Waals surface area contributed by atoms with Gasteiger partial charge < -0.3 is 14.7 Å². The first-order valence-corrected chi connectivity index (χ1v) is 5.99. The minimum absolute atomic E-state index is 0.210. The highest BCUT2D eigenvalue weighted by atomic mass is 16.6. The molecule has 1 N–H and O–H groups in total. The number of rotatable bonds is 1. The first kappa shape index (κ1) is 11.7. The summed E-state index contributed by atoms with van der Waals surface area (Å²) < 4.78 is 5.34. The Morgan fingerprint density at radius 1 is 1.38 bits per heavy atom. The van der Waals surface area contributed by atoms with Crippen molar-refractivity contribution in [2.45, 2.75) is 32.8 Å². The van der Waals surface area contributed by atoms with Gasteiger partial charge in [-0.15, -0.1) is 0 Å². The van der Waals surface area contributed by atoms with Crippen molar-refractivity contribution in [2.24, 2.45) is 17.8 Å². The average Bonchev–Trinajstić information content (AvgIpc) is 2.16. The summed E-state index contributed by atoms with van der Waals surface area (Å²) in [7, 11) is 0. The molecule has 4 nitrogen and oxygen atoms in total. The maximum atomic E-state index is 11.8. The third-order valence-corrected chi connectivity index (χ3v) is 3.59. The van der Waals surface area contributed by atoms with Gasteiger partial charge in [0.25, 0.3) is 0 Å². The second kappa shape index (κ2) is 3.91. The van der Waals surface area contributed by atoms with E-state index in [0.717, 1.165) is 19.5 Å². The normalized spacial score (nSPS) is 33.2. The molecule has 3 aliphatic rings. The molecule has 1 amide bonds. The molecule has 92 valence electrons. The Balaban J connectivity index is 1.88. The zero-order valence-electron chi connectivity index (χ0n) is 10.3. The van der Waals surface area contributed by atoms with Gasteiger partial charge in [0.15, 0.2) is 0 Å². The van der Waals surface area contributed by atoms with E-state index in [2.05, 4.69) is 0 Å². The molecule has 1 saturated carbocycles. The Bertz CT molecular complexity index is 272. The molecule has 16 heavy (non-hydrogen) atoms. The SMILES string of the molecule is CC(C)(C)OC(=O)N1C[C@H]2C[C@@H](C1)C2CO. The molecule has 3 fully saturated rings. The molecule has 1 unspecified atom stereocenters. The van der Waals surface area contributed by atoms with E-state index in [0.29, 0.717) is 17.8 Å². The monoisotopic (exact) mass is 227 g/mol. The summed E-state index contributed by atoms with van der Waals surface area (Å²) in [4.78, 5) is 13.6. The number of carbonyl (C=O) groups excluding carboxylic acids is 1. The van der Waals surface area contributed by atoms with Crippen molar-refractivity contribution in [3.8, 4) is 0 Å². The highest BCUT2D eigenvalue weighted by Crippen LogP contribution is 2.45. The topological polar surface area (TPSA) is 49.8 Å². The van der Waals surface area contributed by atoms with Crippen LogP contribution in [-0.2, 0) is 4.74 Å². The van der Waals surface area contributed by atoms with Crippen molar-refractivity contribution in [2.75, 3.05) is 19.7 Å². The summed E-state index contributed by atoms with van der Waals surface area (Å²) in [6.45, 7) is 7.40. The van der Waals surface area contributed by atoms with Crippen LogP contribution in [0.1, 0.15) is 27.2 Å². The number of aliphatic hydroxyl groups excluding tert-OH is 1. The van der Waals surface area contributed by atoms with Crippen LogP contribution < -0.4 is 0 Å². The predicted octanol–water partition coefficient (Wildman–Crippen LogP) is 1.48. The van der Waals surface area contributed by atoms with Gasteiger partial charge in [0.2, 0.25) is 0 Å². The van der Waals surface area contributed by atoms with Crippen molar-refractivity contribution in [3.05, 3.63) is 0 Å². The molecule has 0 spiro atoms. The zero-order chi connectivity index (χ0) is 11.9. The minimum Gasteiger partial charge on any atom is -0.444 e. The Morgan fingerprint density at radius 3 is 2.38 bits per heavy atom. The van der Waals surface area contributed by atoms with Gasteiger partial charge in [0.1, 0.15) is 5.60 Å². The molecule has 2 bridgehead atoms. The summed E-state index contributed by atoms with van der Waals surface area (Å²) >= 11 is 0. The molecule has 2 saturated heterocycles. The highest BCUT2D eigenvalue weighted by molar-refractivity contribution is 5.68. The third-order valence-electron chi connectivity index (χ3n) is 3.59. The molecule has 0 aromatic rings. The molecule has 3 rings (SSSR count). The standard InChI is InChI=1S/C12H21NO3/c1-12(2,3)16-11(15)13-5-8-4-9(6-13)10(8)7-14/h8-10,14H,4-7H2,1-3H3/t8-,9+,10?. The molecule has 0 radical (unpaired) electrons. The molecular weight excluding hydrogens is 206 g/mol. The van der Waals surface area contributed by atoms with Crippen LogP contribution >= 0.6 is 0 Å². The maximum Gasteiger partial charge on any atom is 0.410 e. The van der Waals surface area contributed by atoms with Crippen LogP contribution in [0.25, 0.3) is 0 Å². The first-order chi connectivity index (χ1) is 7.40. The van der Waals surface area contributed by atoms with Crippen molar-refractivity contribution in [3.63, 3.8) is 0 Å². The van der Waals surface area contributed by atoms with Crippen LogP contribution in [0.2, 0.25) is 0 Å². The van der Waals surface area contributed by atoms with Crippen molar-refractivity contribution < 1.29 is 14.6 Å². The first-order valence-electron chi connectivity index (χ1n) is 5.99. The number of piperidine rings is 2. The number of hydrogen-bond donors (Lipinski definition) is 1. The summed E-state index contributed by atoms with van der Waals surface area (Å²) in [5.41, 5.74) is -0.422. The van der Waals surface area contributed by atoms with Gasteiger partial charge in [0, 0.05) is 19.7 Å². The number of ether oxygens (including phenoxy) is 1. The van der Waals surface area contributed by atoms with E-state index in [1.54, 1.807) is 4.90 Å². The van der Waals surface area contributed by atoms with Crippen LogP contribution in [0.5, 0.6) is 0 Å². The van der Waals surface area contributed by atoms with E-state index in [-0.39, 0.29) is 12.7 Å². The molecule has 1 aliphatic carbocycles. The predicted molar refractivity (Wildman–Crippen MR) is 60.0 cm³/mol. The van der Waals surface area contributed by atoms with Crippen molar-refractivity contribution >= 4 is 6.09 Å². The molecule has 0 aromatic heterocycles. The lowest BCUT2D eigenvalue weighted by molar-refractivity contribution is -0.0721. The fourth-order valence-corrected chi connectivity index (χ4v) is 2.76.